The molecule has 0 atom stereocenters. The van der Waals surface area contributed by atoms with Gasteiger partial charge in [0, 0.05) is 0 Å². The number of hydrogen-bond acceptors (Lipinski definition) is 4. The Bertz CT molecular complexity index is 1200. The van der Waals surface area contributed by atoms with Gasteiger partial charge in [-0.15, -0.1) is 0 Å². The van der Waals surface area contributed by atoms with E-state index in [1.165, 1.54) is 8.52 Å². The van der Waals surface area contributed by atoms with Gasteiger partial charge >= 0.3 is 162 Å². The van der Waals surface area contributed by atoms with Crippen molar-refractivity contribution in [3.63, 3.8) is 0 Å². The molecule has 0 bridgehead atoms. The number of benzene rings is 3. The zero-order valence-corrected chi connectivity index (χ0v) is 17.0. The number of hydrogen-bond donors (Lipinski definition) is 2. The van der Waals surface area contributed by atoms with E-state index in [-0.39, 0.29) is 19.9 Å². The fourth-order valence-electron chi connectivity index (χ4n) is 3.25. The molecule has 0 aliphatic heterocycles. The zero-order chi connectivity index (χ0) is 18.3. The van der Waals surface area contributed by atoms with Gasteiger partial charge in [-0.05, 0) is 0 Å². The molecule has 6 heteroatoms. The van der Waals surface area contributed by atoms with Gasteiger partial charge in [-0.3, -0.25) is 0 Å². The Balaban J connectivity index is 2.23. The molecule has 26 heavy (non-hydrogen) atoms. The molecule has 0 unspecified atom stereocenters. The predicted octanol–water partition coefficient (Wildman–Crippen LogP) is 4.48. The number of rotatable bonds is 4. The maximum atomic E-state index is 12.7. The van der Waals surface area contributed by atoms with Crippen LogP contribution in [0.2, 0.25) is 5.02 Å². The summed E-state index contributed by atoms with van der Waals surface area (Å²) in [6.07, 6.45) is 0. The first-order chi connectivity index (χ1) is 12.6. The van der Waals surface area contributed by atoms with Gasteiger partial charge in [0.1, 0.15) is 0 Å². The fraction of sp³-hybridized carbons (Fsp3) is 0.200. The third-order valence-corrected chi connectivity index (χ3v) is 6.82. The van der Waals surface area contributed by atoms with Gasteiger partial charge in [-0.25, -0.2) is 0 Å². The number of nitrogens with zero attached hydrogens (tertiary/aromatic N) is 1. The Morgan fingerprint density at radius 2 is 1.73 bits per heavy atom. The van der Waals surface area contributed by atoms with Crippen molar-refractivity contribution >= 4 is 67.8 Å². The van der Waals surface area contributed by atoms with Gasteiger partial charge in [0.25, 0.3) is 0 Å². The number of halogens is 1. The van der Waals surface area contributed by atoms with Crippen molar-refractivity contribution in [2.75, 3.05) is 23.7 Å². The second-order valence-electron chi connectivity index (χ2n) is 6.02. The van der Waals surface area contributed by atoms with Crippen LogP contribution in [-0.2, 0) is 0 Å². The molecule has 4 rings (SSSR count). The van der Waals surface area contributed by atoms with Crippen molar-refractivity contribution < 1.29 is 0 Å². The van der Waals surface area contributed by atoms with Gasteiger partial charge in [-0.2, -0.15) is 0 Å². The Hall–Kier alpha value is -2.07. The summed E-state index contributed by atoms with van der Waals surface area (Å²) < 4.78 is 2.39. The number of nitrogens with one attached hydrogen (secondary N) is 2. The second kappa shape index (κ2) is 6.92. The van der Waals surface area contributed by atoms with Crippen LogP contribution in [0.1, 0.15) is 13.8 Å². The van der Waals surface area contributed by atoms with Crippen LogP contribution in [0.5, 0.6) is 0 Å². The number of aromatic nitrogens is 1. The molecular formula is C20H18ClN3OSe. The van der Waals surface area contributed by atoms with Gasteiger partial charge in [0.05, 0.1) is 0 Å². The molecule has 0 radical (unpaired) electrons. The third kappa shape index (κ3) is 2.86. The molecule has 0 spiro atoms. The van der Waals surface area contributed by atoms with Gasteiger partial charge < -0.3 is 0 Å². The van der Waals surface area contributed by atoms with Crippen LogP contribution in [0.15, 0.2) is 41.2 Å². The molecule has 3 aromatic carbocycles. The summed E-state index contributed by atoms with van der Waals surface area (Å²) in [7, 11) is 0. The van der Waals surface area contributed by atoms with Gasteiger partial charge in [0.2, 0.25) is 0 Å². The molecule has 4 nitrogen and oxygen atoms in total. The first-order valence-electron chi connectivity index (χ1n) is 8.60. The average Bonchev–Trinajstić information content (AvgIpc) is 2.62. The normalized spacial score (nSPS) is 11.3. The van der Waals surface area contributed by atoms with Crippen LogP contribution in [-0.4, -0.2) is 32.6 Å². The van der Waals surface area contributed by atoms with Gasteiger partial charge in [-0.1, -0.05) is 0 Å². The third-order valence-electron chi connectivity index (χ3n) is 4.29. The monoisotopic (exact) mass is 431 g/mol. The second-order valence-corrected chi connectivity index (χ2v) is 8.73. The zero-order valence-electron chi connectivity index (χ0n) is 14.5. The Kier molecular flexibility index (Phi) is 4.61. The summed E-state index contributed by atoms with van der Waals surface area (Å²) in [5.41, 5.74) is 3.65. The van der Waals surface area contributed by atoms with Crippen molar-refractivity contribution in [1.29, 1.82) is 0 Å². The molecule has 0 aliphatic carbocycles. The average molecular weight is 431 g/mol. The Morgan fingerprint density at radius 3 is 2.50 bits per heavy atom. The van der Waals surface area contributed by atoms with Gasteiger partial charge in [0.15, 0.2) is 0 Å². The van der Waals surface area contributed by atoms with E-state index in [1.54, 1.807) is 6.07 Å². The Morgan fingerprint density at radius 1 is 0.962 bits per heavy atom. The van der Waals surface area contributed by atoms with Crippen LogP contribution in [0.3, 0.4) is 0 Å². The predicted molar refractivity (Wildman–Crippen MR) is 113 cm³/mol. The van der Waals surface area contributed by atoms with Crippen LogP contribution in [0.4, 0.5) is 11.4 Å². The van der Waals surface area contributed by atoms with E-state index < -0.39 is 0 Å². The minimum absolute atomic E-state index is 0.0139. The molecule has 0 amide bonds. The van der Waals surface area contributed by atoms with Crippen molar-refractivity contribution in [1.82, 2.24) is 4.98 Å². The van der Waals surface area contributed by atoms with Crippen molar-refractivity contribution in [2.45, 2.75) is 13.8 Å². The molecule has 4 aromatic rings. The molecule has 0 fully saturated rings. The van der Waals surface area contributed by atoms with E-state index in [0.29, 0.717) is 10.4 Å². The quantitative estimate of drug-likeness (QED) is 0.285. The van der Waals surface area contributed by atoms with E-state index in [0.717, 1.165) is 40.9 Å². The van der Waals surface area contributed by atoms with Crippen LogP contribution >= 0.6 is 11.6 Å². The molecule has 2 N–H and O–H groups in total. The molecule has 1 heterocycles. The van der Waals surface area contributed by atoms with E-state index in [1.807, 2.05) is 32.0 Å². The summed E-state index contributed by atoms with van der Waals surface area (Å²) in [5.74, 6) is 0. The van der Waals surface area contributed by atoms with Crippen LogP contribution in [0, 0.1) is 0 Å². The van der Waals surface area contributed by atoms with E-state index in [9.17, 15) is 4.79 Å². The van der Waals surface area contributed by atoms with Crippen molar-refractivity contribution in [3.8, 4) is 0 Å². The first kappa shape index (κ1) is 17.3. The molecule has 0 aliphatic rings. The molecule has 0 saturated carbocycles. The summed E-state index contributed by atoms with van der Waals surface area (Å²) in [4.78, 5) is 17.6. The van der Waals surface area contributed by atoms with Crippen molar-refractivity contribution in [2.24, 2.45) is 0 Å². The SMILES string of the molecule is CCNc1cc2[se]c3ccc(Cl)cc3nc2c2c(NCC)ccc(=O)c12. The molecular weight excluding hydrogens is 413 g/mol. The fourth-order valence-corrected chi connectivity index (χ4v) is 5.52. The van der Waals surface area contributed by atoms with E-state index in [4.69, 9.17) is 16.6 Å². The van der Waals surface area contributed by atoms with Crippen LogP contribution in [0.25, 0.3) is 30.3 Å². The Labute approximate surface area is 161 Å². The first-order valence-corrected chi connectivity index (χ1v) is 10.7. The topological polar surface area (TPSA) is 54.0 Å². The summed E-state index contributed by atoms with van der Waals surface area (Å²) >= 11 is 6.28. The van der Waals surface area contributed by atoms with E-state index in [2.05, 4.69) is 22.8 Å². The van der Waals surface area contributed by atoms with Crippen molar-refractivity contribution in [3.05, 3.63) is 51.6 Å². The minimum atomic E-state index is 0.0139. The summed E-state index contributed by atoms with van der Waals surface area (Å²) in [6.45, 7) is 5.63. The standard InChI is InChI=1S/C20H18ClN3OSe/c1-3-22-12-6-7-15(25)18-14(23-4-2)10-17-20(19(12)18)24-13-9-11(21)5-8-16(13)26-17/h5-10,22-23H,3-4H2,1-2H3. The summed E-state index contributed by atoms with van der Waals surface area (Å²) in [5, 5.41) is 9.03. The molecule has 132 valence electrons. The number of anilines is 2. The number of fused-ring (bicyclic) bond motifs is 4. The van der Waals surface area contributed by atoms with E-state index >= 15 is 0 Å². The molecule has 1 aromatic heterocycles. The van der Waals surface area contributed by atoms with Crippen LogP contribution < -0.4 is 16.1 Å². The maximum absolute atomic E-state index is 12.7. The molecule has 0 saturated heterocycles. The summed E-state index contributed by atoms with van der Waals surface area (Å²) in [6, 6.07) is 11.5.